The lowest BCUT2D eigenvalue weighted by molar-refractivity contribution is 0.475. The fourth-order valence-corrected chi connectivity index (χ4v) is 6.69. The first kappa shape index (κ1) is 37.4. The van der Waals surface area contributed by atoms with Crippen LogP contribution < -0.4 is 0 Å². The van der Waals surface area contributed by atoms with Crippen molar-refractivity contribution in [3.63, 3.8) is 0 Å². The van der Waals surface area contributed by atoms with Crippen molar-refractivity contribution in [3.8, 4) is 16.9 Å². The van der Waals surface area contributed by atoms with Gasteiger partial charge in [0, 0.05) is 5.56 Å². The van der Waals surface area contributed by atoms with E-state index in [1.54, 1.807) is 0 Å². The largest absolute Gasteiger partial charge is 0.507 e. The van der Waals surface area contributed by atoms with Crippen LogP contribution in [0, 0.1) is 0 Å². The van der Waals surface area contributed by atoms with Gasteiger partial charge >= 0.3 is 0 Å². The fraction of sp³-hybridized carbons (Fsp3) is 0.714. The molecule has 0 unspecified atom stereocenters. The molecule has 43 heavy (non-hydrogen) atoms. The van der Waals surface area contributed by atoms with Crippen molar-refractivity contribution >= 4 is 0 Å². The van der Waals surface area contributed by atoms with E-state index in [0.717, 1.165) is 31.2 Å². The third-order valence-corrected chi connectivity index (χ3v) is 9.36. The monoisotopic (exact) mass is 591 g/mol. The standard InChI is InChI=1S/C42H70O/c1-5-9-13-17-21-24-27-36-31-37(28-25-22-18-14-10-6-2)34-40(33-36)42-39(30-26-20-16-12-8-4)32-38(35-41(42)43)29-23-19-15-11-7-3/h31-35,43H,5-30H2,1-4H3. The second-order valence-corrected chi connectivity index (χ2v) is 13.6. The maximum absolute atomic E-state index is 11.6. The molecule has 244 valence electrons. The first-order chi connectivity index (χ1) is 21.1. The molecule has 0 atom stereocenters. The Labute approximate surface area is 268 Å². The molecule has 0 saturated heterocycles. The van der Waals surface area contributed by atoms with Gasteiger partial charge in [0.1, 0.15) is 5.75 Å². The Bertz CT molecular complexity index is 923. The summed E-state index contributed by atoms with van der Waals surface area (Å²) in [6.45, 7) is 9.17. The van der Waals surface area contributed by atoms with Crippen LogP contribution in [0.2, 0.25) is 0 Å². The second-order valence-electron chi connectivity index (χ2n) is 13.6. The Hall–Kier alpha value is -1.76. The number of unbranched alkanes of at least 4 members (excludes halogenated alkanes) is 18. The van der Waals surface area contributed by atoms with Gasteiger partial charge in [0.15, 0.2) is 0 Å². The molecule has 0 aliphatic heterocycles. The van der Waals surface area contributed by atoms with E-state index in [2.05, 4.69) is 58.0 Å². The summed E-state index contributed by atoms with van der Waals surface area (Å²) < 4.78 is 0. The van der Waals surface area contributed by atoms with Gasteiger partial charge in [0.25, 0.3) is 0 Å². The Kier molecular flexibility index (Phi) is 21.4. The third kappa shape index (κ3) is 16.2. The second kappa shape index (κ2) is 24.5. The van der Waals surface area contributed by atoms with Gasteiger partial charge in [0.2, 0.25) is 0 Å². The Balaban J connectivity index is 2.29. The molecule has 0 aromatic heterocycles. The van der Waals surface area contributed by atoms with Crippen molar-refractivity contribution in [2.24, 2.45) is 0 Å². The van der Waals surface area contributed by atoms with Gasteiger partial charge in [-0.15, -0.1) is 0 Å². The van der Waals surface area contributed by atoms with Crippen LogP contribution >= 0.6 is 0 Å². The predicted octanol–water partition coefficient (Wildman–Crippen LogP) is 13.9. The zero-order valence-electron chi connectivity index (χ0n) is 29.2. The molecule has 2 aromatic carbocycles. The van der Waals surface area contributed by atoms with Gasteiger partial charge in [-0.3, -0.25) is 0 Å². The zero-order valence-corrected chi connectivity index (χ0v) is 29.2. The van der Waals surface area contributed by atoms with Crippen molar-refractivity contribution in [1.29, 1.82) is 0 Å². The van der Waals surface area contributed by atoms with E-state index in [9.17, 15) is 5.11 Å². The molecule has 0 fully saturated rings. The average Bonchev–Trinajstić information content (AvgIpc) is 3.00. The number of phenols is 1. The summed E-state index contributed by atoms with van der Waals surface area (Å²) in [6.07, 6.45) is 33.4. The zero-order chi connectivity index (χ0) is 31.0. The van der Waals surface area contributed by atoms with Crippen molar-refractivity contribution in [3.05, 3.63) is 52.6 Å². The van der Waals surface area contributed by atoms with Crippen molar-refractivity contribution in [1.82, 2.24) is 0 Å². The minimum absolute atomic E-state index is 0.511. The van der Waals surface area contributed by atoms with Gasteiger partial charge in [-0.2, -0.15) is 0 Å². The van der Waals surface area contributed by atoms with Crippen LogP contribution in [-0.4, -0.2) is 5.11 Å². The number of aromatic hydroxyl groups is 1. The molecular weight excluding hydrogens is 520 g/mol. The molecule has 2 aromatic rings. The van der Waals surface area contributed by atoms with E-state index >= 15 is 0 Å². The number of hydrogen-bond donors (Lipinski definition) is 1. The van der Waals surface area contributed by atoms with Crippen LogP contribution in [0.1, 0.15) is 191 Å². The fourth-order valence-electron chi connectivity index (χ4n) is 6.69. The predicted molar refractivity (Wildman–Crippen MR) is 193 cm³/mol. The van der Waals surface area contributed by atoms with Gasteiger partial charge in [-0.25, -0.2) is 0 Å². The van der Waals surface area contributed by atoms with E-state index in [1.165, 1.54) is 169 Å². The van der Waals surface area contributed by atoms with E-state index in [0.29, 0.717) is 5.75 Å². The topological polar surface area (TPSA) is 20.2 Å². The first-order valence-electron chi connectivity index (χ1n) is 19.1. The van der Waals surface area contributed by atoms with Crippen molar-refractivity contribution < 1.29 is 5.11 Å². The van der Waals surface area contributed by atoms with Gasteiger partial charge in [0.05, 0.1) is 0 Å². The third-order valence-electron chi connectivity index (χ3n) is 9.36. The lowest BCUT2D eigenvalue weighted by Crippen LogP contribution is -1.99. The summed E-state index contributed by atoms with van der Waals surface area (Å²) in [5.74, 6) is 0.511. The molecule has 0 heterocycles. The minimum atomic E-state index is 0.511. The van der Waals surface area contributed by atoms with Crippen LogP contribution in [-0.2, 0) is 25.7 Å². The Morgan fingerprint density at radius 2 is 0.721 bits per heavy atom. The summed E-state index contributed by atoms with van der Waals surface area (Å²) >= 11 is 0. The molecule has 0 spiro atoms. The maximum Gasteiger partial charge on any atom is 0.123 e. The SMILES string of the molecule is CCCCCCCCc1cc(CCCCCCCC)cc(-c2c(O)cc(CCCCCCC)cc2CCCCCCC)c1. The highest BCUT2D eigenvalue weighted by atomic mass is 16.3. The van der Waals surface area contributed by atoms with E-state index in [-0.39, 0.29) is 0 Å². The number of hydrogen-bond acceptors (Lipinski definition) is 1. The normalized spacial score (nSPS) is 11.4. The number of aryl methyl sites for hydroxylation is 4. The van der Waals surface area contributed by atoms with Gasteiger partial charge < -0.3 is 5.11 Å². The highest BCUT2D eigenvalue weighted by Crippen LogP contribution is 2.37. The molecule has 0 bridgehead atoms. The molecule has 0 aliphatic carbocycles. The van der Waals surface area contributed by atoms with Crippen LogP contribution in [0.4, 0.5) is 0 Å². The highest BCUT2D eigenvalue weighted by Gasteiger charge is 2.15. The molecule has 0 saturated carbocycles. The van der Waals surface area contributed by atoms with Crippen LogP contribution in [0.3, 0.4) is 0 Å². The van der Waals surface area contributed by atoms with E-state index in [1.807, 2.05) is 0 Å². The Morgan fingerprint density at radius 1 is 0.372 bits per heavy atom. The Morgan fingerprint density at radius 3 is 1.14 bits per heavy atom. The summed E-state index contributed by atoms with van der Waals surface area (Å²) in [5, 5.41) is 11.6. The molecular formula is C42H70O. The summed E-state index contributed by atoms with van der Waals surface area (Å²) in [4.78, 5) is 0. The van der Waals surface area contributed by atoms with Crippen LogP contribution in [0.5, 0.6) is 5.75 Å². The lowest BCUT2D eigenvalue weighted by atomic mass is 9.88. The molecule has 1 heteroatoms. The van der Waals surface area contributed by atoms with E-state index < -0.39 is 0 Å². The van der Waals surface area contributed by atoms with Crippen LogP contribution in [0.15, 0.2) is 30.3 Å². The molecule has 2 rings (SSSR count). The molecule has 0 amide bonds. The molecule has 0 aliphatic rings. The number of phenolic OH excluding ortho intramolecular Hbond substituents is 1. The summed E-state index contributed by atoms with van der Waals surface area (Å²) in [6, 6.07) is 11.9. The van der Waals surface area contributed by atoms with Crippen LogP contribution in [0.25, 0.3) is 11.1 Å². The minimum Gasteiger partial charge on any atom is -0.507 e. The molecule has 1 N–H and O–H groups in total. The maximum atomic E-state index is 11.6. The molecule has 1 nitrogen and oxygen atoms in total. The summed E-state index contributed by atoms with van der Waals surface area (Å²) in [5.41, 5.74) is 8.04. The van der Waals surface area contributed by atoms with Gasteiger partial charge in [-0.1, -0.05) is 168 Å². The van der Waals surface area contributed by atoms with Crippen molar-refractivity contribution in [2.75, 3.05) is 0 Å². The number of benzene rings is 2. The van der Waals surface area contributed by atoms with E-state index in [4.69, 9.17) is 0 Å². The van der Waals surface area contributed by atoms with Crippen molar-refractivity contribution in [2.45, 2.75) is 195 Å². The first-order valence-corrected chi connectivity index (χ1v) is 19.1. The molecule has 0 radical (unpaired) electrons. The summed E-state index contributed by atoms with van der Waals surface area (Å²) in [7, 11) is 0. The van der Waals surface area contributed by atoms with Gasteiger partial charge in [-0.05, 0) is 85.3 Å². The number of rotatable bonds is 27. The lowest BCUT2D eigenvalue weighted by Gasteiger charge is -2.17. The highest BCUT2D eigenvalue weighted by molar-refractivity contribution is 5.75. The average molecular weight is 591 g/mol. The smallest absolute Gasteiger partial charge is 0.123 e. The quantitative estimate of drug-likeness (QED) is 0.103.